The minimum Gasteiger partial charge on any atom is -0.457 e. The van der Waals surface area contributed by atoms with Crippen molar-refractivity contribution in [2.45, 2.75) is 25.9 Å². The van der Waals surface area contributed by atoms with Gasteiger partial charge >= 0.3 is 5.97 Å². The van der Waals surface area contributed by atoms with E-state index >= 15 is 0 Å². The normalized spacial score (nSPS) is 12.9. The standard InChI is InChI=1S/C23H22ClN7O3/c24-16-6-8-17(9-7-16)26-23-28-19(27-22(25)29-23)14-34-21(33)11-10-20(32)31-13-12-18(30-31)15-4-2-1-3-5-15/h1-9H,10-14H2,(H3,25,26,27,28,29). The lowest BCUT2D eigenvalue weighted by molar-refractivity contribution is -0.147. The highest BCUT2D eigenvalue weighted by Crippen LogP contribution is 2.18. The van der Waals surface area contributed by atoms with Gasteiger partial charge < -0.3 is 15.8 Å². The average Bonchev–Trinajstić information content (AvgIpc) is 3.33. The van der Waals surface area contributed by atoms with Gasteiger partial charge in [0.05, 0.1) is 18.7 Å². The minimum atomic E-state index is -0.550. The van der Waals surface area contributed by atoms with Crippen molar-refractivity contribution in [1.29, 1.82) is 0 Å². The maximum Gasteiger partial charge on any atom is 0.306 e. The molecule has 0 spiro atoms. The van der Waals surface area contributed by atoms with Crippen LogP contribution in [0.3, 0.4) is 0 Å². The van der Waals surface area contributed by atoms with Crippen molar-refractivity contribution >= 4 is 46.8 Å². The van der Waals surface area contributed by atoms with Crippen LogP contribution in [0.15, 0.2) is 59.7 Å². The molecule has 0 atom stereocenters. The van der Waals surface area contributed by atoms with Crippen LogP contribution >= 0.6 is 11.6 Å². The smallest absolute Gasteiger partial charge is 0.306 e. The number of halogens is 1. The Morgan fingerprint density at radius 1 is 1.03 bits per heavy atom. The highest BCUT2D eigenvalue weighted by molar-refractivity contribution is 6.30. The monoisotopic (exact) mass is 479 g/mol. The number of benzene rings is 2. The van der Waals surface area contributed by atoms with Crippen LogP contribution in [0.4, 0.5) is 17.6 Å². The van der Waals surface area contributed by atoms with Crippen molar-refractivity contribution < 1.29 is 14.3 Å². The first-order valence-corrected chi connectivity index (χ1v) is 11.0. The average molecular weight is 480 g/mol. The molecular weight excluding hydrogens is 458 g/mol. The maximum absolute atomic E-state index is 12.4. The quantitative estimate of drug-likeness (QED) is 0.469. The predicted octanol–water partition coefficient (Wildman–Crippen LogP) is 3.31. The van der Waals surface area contributed by atoms with Crippen LogP contribution in [-0.2, 0) is 20.9 Å². The second-order valence-electron chi connectivity index (χ2n) is 7.41. The molecule has 1 aliphatic heterocycles. The number of nitrogens with one attached hydrogen (secondary N) is 1. The zero-order chi connectivity index (χ0) is 23.9. The molecule has 1 amide bonds. The summed E-state index contributed by atoms with van der Waals surface area (Å²) in [5.74, 6) is -0.418. The van der Waals surface area contributed by atoms with E-state index in [-0.39, 0.29) is 43.1 Å². The molecule has 0 bridgehead atoms. The van der Waals surface area contributed by atoms with Crippen LogP contribution in [0.2, 0.25) is 5.02 Å². The number of carbonyl (C=O) groups excluding carboxylic acids is 2. The number of hydrogen-bond acceptors (Lipinski definition) is 9. The summed E-state index contributed by atoms with van der Waals surface area (Å²) in [4.78, 5) is 36.8. The number of ether oxygens (including phenoxy) is 1. The summed E-state index contributed by atoms with van der Waals surface area (Å²) >= 11 is 5.88. The van der Waals surface area contributed by atoms with Crippen molar-refractivity contribution in [3.05, 3.63) is 71.0 Å². The van der Waals surface area contributed by atoms with E-state index in [2.05, 4.69) is 25.4 Å². The van der Waals surface area contributed by atoms with Crippen LogP contribution in [0, 0.1) is 0 Å². The molecule has 10 nitrogen and oxygen atoms in total. The molecular formula is C23H22ClN7O3. The van der Waals surface area contributed by atoms with Crippen molar-refractivity contribution in [2.75, 3.05) is 17.6 Å². The Morgan fingerprint density at radius 3 is 2.56 bits per heavy atom. The van der Waals surface area contributed by atoms with Gasteiger partial charge in [-0.2, -0.15) is 20.1 Å². The lowest BCUT2D eigenvalue weighted by Gasteiger charge is -2.11. The first kappa shape index (κ1) is 23.1. The lowest BCUT2D eigenvalue weighted by Crippen LogP contribution is -2.24. The predicted molar refractivity (Wildman–Crippen MR) is 127 cm³/mol. The molecule has 0 fully saturated rings. The van der Waals surface area contributed by atoms with E-state index in [9.17, 15) is 9.59 Å². The van der Waals surface area contributed by atoms with Gasteiger partial charge in [0.2, 0.25) is 17.8 Å². The third kappa shape index (κ3) is 6.26. The second kappa shape index (κ2) is 10.7. The number of anilines is 3. The van der Waals surface area contributed by atoms with E-state index in [0.29, 0.717) is 23.7 Å². The number of aromatic nitrogens is 3. The number of amides is 1. The molecule has 2 heterocycles. The molecule has 0 saturated heterocycles. The Balaban J connectivity index is 1.26. The highest BCUT2D eigenvalue weighted by Gasteiger charge is 2.22. The van der Waals surface area contributed by atoms with E-state index in [1.807, 2.05) is 30.3 Å². The van der Waals surface area contributed by atoms with Gasteiger partial charge in [0.25, 0.3) is 0 Å². The fraction of sp³-hybridized carbons (Fsp3) is 0.217. The summed E-state index contributed by atoms with van der Waals surface area (Å²) in [5, 5.41) is 9.36. The van der Waals surface area contributed by atoms with Crippen LogP contribution in [0.1, 0.15) is 30.7 Å². The van der Waals surface area contributed by atoms with E-state index in [1.165, 1.54) is 5.01 Å². The third-order valence-corrected chi connectivity index (χ3v) is 5.15. The number of nitrogen functional groups attached to an aromatic ring is 1. The summed E-state index contributed by atoms with van der Waals surface area (Å²) in [5.41, 5.74) is 8.28. The first-order chi connectivity index (χ1) is 16.5. The molecule has 0 unspecified atom stereocenters. The first-order valence-electron chi connectivity index (χ1n) is 10.6. The van der Waals surface area contributed by atoms with Gasteiger partial charge in [0, 0.05) is 23.6 Å². The molecule has 2 aromatic carbocycles. The van der Waals surface area contributed by atoms with Crippen molar-refractivity contribution in [3.63, 3.8) is 0 Å². The molecule has 3 N–H and O–H groups in total. The number of rotatable bonds is 8. The summed E-state index contributed by atoms with van der Waals surface area (Å²) in [7, 11) is 0. The summed E-state index contributed by atoms with van der Waals surface area (Å²) in [6.45, 7) is 0.292. The van der Waals surface area contributed by atoms with Gasteiger partial charge in [0.1, 0.15) is 0 Å². The lowest BCUT2D eigenvalue weighted by atomic mass is 10.1. The third-order valence-electron chi connectivity index (χ3n) is 4.90. The topological polar surface area (TPSA) is 136 Å². The SMILES string of the molecule is Nc1nc(COC(=O)CCC(=O)N2CCC(c3ccccc3)=N2)nc(Nc2ccc(Cl)cc2)n1. The number of nitrogens with zero attached hydrogens (tertiary/aromatic N) is 5. The number of hydrogen-bond donors (Lipinski definition) is 2. The zero-order valence-electron chi connectivity index (χ0n) is 18.1. The molecule has 1 aliphatic rings. The van der Waals surface area contributed by atoms with E-state index in [1.54, 1.807) is 24.3 Å². The molecule has 1 aromatic heterocycles. The molecule has 3 aromatic rings. The van der Waals surface area contributed by atoms with Crippen LogP contribution in [0.25, 0.3) is 0 Å². The number of esters is 1. The van der Waals surface area contributed by atoms with Gasteiger partial charge in [-0.05, 0) is 29.8 Å². The van der Waals surface area contributed by atoms with Gasteiger partial charge in [-0.25, -0.2) is 5.01 Å². The Hall–Kier alpha value is -4.05. The molecule has 0 saturated carbocycles. The van der Waals surface area contributed by atoms with Crippen LogP contribution in [-0.4, -0.2) is 44.1 Å². The fourth-order valence-electron chi connectivity index (χ4n) is 3.25. The highest BCUT2D eigenvalue weighted by atomic mass is 35.5. The molecule has 34 heavy (non-hydrogen) atoms. The van der Waals surface area contributed by atoms with Crippen molar-refractivity contribution in [1.82, 2.24) is 20.0 Å². The van der Waals surface area contributed by atoms with E-state index < -0.39 is 5.97 Å². The summed E-state index contributed by atoms with van der Waals surface area (Å²) in [6, 6.07) is 16.6. The Morgan fingerprint density at radius 2 is 1.79 bits per heavy atom. The Bertz CT molecular complexity index is 1200. The Kier molecular flexibility index (Phi) is 7.28. The van der Waals surface area contributed by atoms with Crippen molar-refractivity contribution in [3.8, 4) is 0 Å². The fourth-order valence-corrected chi connectivity index (χ4v) is 3.37. The number of hydrazone groups is 1. The summed E-state index contributed by atoms with van der Waals surface area (Å²) < 4.78 is 5.21. The van der Waals surface area contributed by atoms with Gasteiger partial charge in [-0.15, -0.1) is 0 Å². The minimum absolute atomic E-state index is 0.00683. The van der Waals surface area contributed by atoms with Crippen LogP contribution < -0.4 is 11.1 Å². The summed E-state index contributed by atoms with van der Waals surface area (Å²) in [6.07, 6.45) is 0.586. The van der Waals surface area contributed by atoms with E-state index in [4.69, 9.17) is 22.1 Å². The second-order valence-corrected chi connectivity index (χ2v) is 7.84. The number of nitrogens with two attached hydrogens (primary N) is 1. The zero-order valence-corrected chi connectivity index (χ0v) is 18.9. The van der Waals surface area contributed by atoms with Gasteiger partial charge in [-0.3, -0.25) is 9.59 Å². The number of carbonyl (C=O) groups is 2. The molecule has 0 radical (unpaired) electrons. The Labute approximate surface area is 200 Å². The molecule has 4 rings (SSSR count). The van der Waals surface area contributed by atoms with E-state index in [0.717, 1.165) is 11.3 Å². The maximum atomic E-state index is 12.4. The largest absolute Gasteiger partial charge is 0.457 e. The van der Waals surface area contributed by atoms with Gasteiger partial charge in [0.15, 0.2) is 12.4 Å². The van der Waals surface area contributed by atoms with Crippen molar-refractivity contribution in [2.24, 2.45) is 5.10 Å². The molecule has 11 heteroatoms. The van der Waals surface area contributed by atoms with Gasteiger partial charge in [-0.1, -0.05) is 41.9 Å². The molecule has 174 valence electrons. The van der Waals surface area contributed by atoms with Crippen LogP contribution in [0.5, 0.6) is 0 Å². The molecule has 0 aliphatic carbocycles.